The monoisotopic (exact) mass is 275 g/mol. The number of carbonyl (C=O) groups is 1. The van der Waals surface area contributed by atoms with Crippen molar-refractivity contribution >= 4 is 11.5 Å². The third-order valence-electron chi connectivity index (χ3n) is 3.51. The molecule has 1 heterocycles. The predicted molar refractivity (Wildman–Crippen MR) is 78.4 cm³/mol. The van der Waals surface area contributed by atoms with Gasteiger partial charge in [0, 0.05) is 24.9 Å². The van der Waals surface area contributed by atoms with Crippen molar-refractivity contribution in [3.63, 3.8) is 0 Å². The molecule has 0 amide bonds. The topological polar surface area (TPSA) is 38.8 Å². The van der Waals surface area contributed by atoms with Crippen LogP contribution in [0.1, 0.15) is 25.3 Å². The first kappa shape index (κ1) is 14.4. The largest absolute Gasteiger partial charge is 0.496 e. The molecule has 1 aliphatic heterocycles. The molecule has 0 aromatic heterocycles. The molecule has 108 valence electrons. The minimum atomic E-state index is -0.277. The summed E-state index contributed by atoms with van der Waals surface area (Å²) in [6.07, 6.45) is 1.95. The normalized spacial score (nSPS) is 17.1. The first-order chi connectivity index (χ1) is 9.69. The number of hydrogen-bond acceptors (Lipinski definition) is 4. The fourth-order valence-electron chi connectivity index (χ4n) is 2.56. The van der Waals surface area contributed by atoms with E-state index >= 15 is 0 Å². The summed E-state index contributed by atoms with van der Waals surface area (Å²) in [5, 5.41) is 0. The Balaban J connectivity index is 2.55. The Morgan fingerprint density at radius 3 is 2.70 bits per heavy atom. The van der Waals surface area contributed by atoms with E-state index in [0.29, 0.717) is 17.9 Å². The number of benzene rings is 1. The molecule has 1 aromatic carbocycles. The second-order valence-corrected chi connectivity index (χ2v) is 4.77. The molecule has 1 aliphatic rings. The zero-order valence-electron chi connectivity index (χ0n) is 12.3. The van der Waals surface area contributed by atoms with Gasteiger partial charge in [-0.3, -0.25) is 0 Å². The summed E-state index contributed by atoms with van der Waals surface area (Å²) in [5.74, 6) is 0.420. The average molecular weight is 275 g/mol. The van der Waals surface area contributed by atoms with Gasteiger partial charge in [0.15, 0.2) is 0 Å². The highest BCUT2D eigenvalue weighted by molar-refractivity contribution is 6.18. The van der Waals surface area contributed by atoms with Crippen molar-refractivity contribution in [1.82, 2.24) is 4.90 Å². The molecule has 0 unspecified atom stereocenters. The van der Waals surface area contributed by atoms with Gasteiger partial charge in [0.2, 0.25) is 0 Å². The maximum Gasteiger partial charge on any atom is 0.340 e. The van der Waals surface area contributed by atoms with E-state index in [-0.39, 0.29) is 5.97 Å². The Morgan fingerprint density at radius 1 is 1.35 bits per heavy atom. The zero-order chi connectivity index (χ0) is 14.5. The van der Waals surface area contributed by atoms with Crippen molar-refractivity contribution in [2.45, 2.75) is 19.8 Å². The van der Waals surface area contributed by atoms with Crippen LogP contribution in [0.15, 0.2) is 30.0 Å². The van der Waals surface area contributed by atoms with E-state index in [1.807, 2.05) is 38.2 Å². The maximum absolute atomic E-state index is 12.4. The number of carbonyl (C=O) groups excluding carboxylic acids is 1. The van der Waals surface area contributed by atoms with Crippen LogP contribution in [0.4, 0.5) is 0 Å². The number of rotatable bonds is 4. The van der Waals surface area contributed by atoms with Gasteiger partial charge >= 0.3 is 5.97 Å². The predicted octanol–water partition coefficient (Wildman–Crippen LogP) is 2.70. The maximum atomic E-state index is 12.4. The van der Waals surface area contributed by atoms with Crippen LogP contribution in [0.2, 0.25) is 0 Å². The van der Waals surface area contributed by atoms with Gasteiger partial charge in [0.25, 0.3) is 0 Å². The molecular weight excluding hydrogens is 254 g/mol. The zero-order valence-corrected chi connectivity index (χ0v) is 12.3. The second kappa shape index (κ2) is 6.46. The lowest BCUT2D eigenvalue weighted by Gasteiger charge is -2.19. The van der Waals surface area contributed by atoms with Crippen LogP contribution in [-0.4, -0.2) is 38.2 Å². The molecule has 1 fully saturated rings. The number of para-hydroxylation sites is 1. The summed E-state index contributed by atoms with van der Waals surface area (Å²) in [6.45, 7) is 3.16. The summed E-state index contributed by atoms with van der Waals surface area (Å²) in [6, 6.07) is 7.58. The molecule has 0 N–H and O–H groups in total. The number of likely N-dealkylation sites (tertiary alicyclic amines) is 1. The van der Waals surface area contributed by atoms with Crippen molar-refractivity contribution in [2.24, 2.45) is 0 Å². The summed E-state index contributed by atoms with van der Waals surface area (Å²) >= 11 is 0. The SMILES string of the molecule is CCOC(=O)/C(=C1/CCCN1C)c1ccccc1OC. The van der Waals surface area contributed by atoms with E-state index in [1.165, 1.54) is 0 Å². The molecule has 0 atom stereocenters. The van der Waals surface area contributed by atoms with Gasteiger partial charge in [-0.15, -0.1) is 0 Å². The van der Waals surface area contributed by atoms with Gasteiger partial charge in [-0.2, -0.15) is 0 Å². The van der Waals surface area contributed by atoms with Crippen LogP contribution < -0.4 is 4.74 Å². The van der Waals surface area contributed by atoms with Gasteiger partial charge in [-0.1, -0.05) is 18.2 Å². The highest BCUT2D eigenvalue weighted by Crippen LogP contribution is 2.34. The number of nitrogens with zero attached hydrogens (tertiary/aromatic N) is 1. The molecule has 0 aliphatic carbocycles. The fourth-order valence-corrected chi connectivity index (χ4v) is 2.56. The number of esters is 1. The van der Waals surface area contributed by atoms with Crippen molar-refractivity contribution in [2.75, 3.05) is 27.3 Å². The highest BCUT2D eigenvalue weighted by Gasteiger charge is 2.26. The van der Waals surface area contributed by atoms with E-state index in [9.17, 15) is 4.79 Å². The summed E-state index contributed by atoms with van der Waals surface area (Å²) < 4.78 is 10.6. The Labute approximate surface area is 120 Å². The number of methoxy groups -OCH3 is 1. The Hall–Kier alpha value is -1.97. The number of allylic oxidation sites excluding steroid dienone is 1. The quantitative estimate of drug-likeness (QED) is 0.625. The number of ether oxygens (including phenoxy) is 2. The van der Waals surface area contributed by atoms with E-state index in [0.717, 1.165) is 30.6 Å². The third-order valence-corrected chi connectivity index (χ3v) is 3.51. The van der Waals surface area contributed by atoms with Gasteiger partial charge in [-0.25, -0.2) is 4.79 Å². The van der Waals surface area contributed by atoms with Crippen LogP contribution in [0.3, 0.4) is 0 Å². The third kappa shape index (κ3) is 2.79. The first-order valence-corrected chi connectivity index (χ1v) is 6.93. The minimum Gasteiger partial charge on any atom is -0.496 e. The Morgan fingerprint density at radius 2 is 2.10 bits per heavy atom. The molecule has 2 rings (SSSR count). The second-order valence-electron chi connectivity index (χ2n) is 4.77. The fraction of sp³-hybridized carbons (Fsp3) is 0.438. The van der Waals surface area contributed by atoms with Crippen LogP contribution in [0.5, 0.6) is 5.75 Å². The molecule has 0 bridgehead atoms. The number of hydrogen-bond donors (Lipinski definition) is 0. The summed E-state index contributed by atoms with van der Waals surface area (Å²) in [4.78, 5) is 14.5. The van der Waals surface area contributed by atoms with Crippen molar-refractivity contribution in [3.05, 3.63) is 35.5 Å². The molecular formula is C16H21NO3. The molecule has 4 nitrogen and oxygen atoms in total. The Kier molecular flexibility index (Phi) is 4.66. The Bertz CT molecular complexity index is 522. The van der Waals surface area contributed by atoms with E-state index in [1.54, 1.807) is 7.11 Å². The molecule has 0 saturated carbocycles. The van der Waals surface area contributed by atoms with Gasteiger partial charge < -0.3 is 14.4 Å². The lowest BCUT2D eigenvalue weighted by molar-refractivity contribution is -0.136. The highest BCUT2D eigenvalue weighted by atomic mass is 16.5. The van der Waals surface area contributed by atoms with Gasteiger partial charge in [0.1, 0.15) is 5.75 Å². The molecule has 0 spiro atoms. The minimum absolute atomic E-state index is 0.277. The van der Waals surface area contributed by atoms with Gasteiger partial charge in [-0.05, 0) is 25.8 Å². The average Bonchev–Trinajstić information content (AvgIpc) is 2.86. The summed E-state index contributed by atoms with van der Waals surface area (Å²) in [5.41, 5.74) is 2.47. The molecule has 0 radical (unpaired) electrons. The molecule has 20 heavy (non-hydrogen) atoms. The first-order valence-electron chi connectivity index (χ1n) is 6.93. The summed E-state index contributed by atoms with van der Waals surface area (Å²) in [7, 11) is 3.63. The van der Waals surface area contributed by atoms with Crippen molar-refractivity contribution in [3.8, 4) is 5.75 Å². The lowest BCUT2D eigenvalue weighted by atomic mass is 10.0. The van der Waals surface area contributed by atoms with Crippen LogP contribution in [0.25, 0.3) is 5.57 Å². The van der Waals surface area contributed by atoms with E-state index in [4.69, 9.17) is 9.47 Å². The smallest absolute Gasteiger partial charge is 0.340 e. The molecule has 4 heteroatoms. The molecule has 1 aromatic rings. The molecule has 1 saturated heterocycles. The van der Waals surface area contributed by atoms with Crippen LogP contribution in [-0.2, 0) is 9.53 Å². The standard InChI is InChI=1S/C16H21NO3/c1-4-20-16(18)15(13-9-7-11-17(13)2)12-8-5-6-10-14(12)19-3/h5-6,8,10H,4,7,9,11H2,1-3H3/b15-13-. The van der Waals surface area contributed by atoms with Crippen molar-refractivity contribution < 1.29 is 14.3 Å². The van der Waals surface area contributed by atoms with Gasteiger partial charge in [0.05, 0.1) is 19.3 Å². The lowest BCUT2D eigenvalue weighted by Crippen LogP contribution is -2.17. The van der Waals surface area contributed by atoms with E-state index < -0.39 is 0 Å². The van der Waals surface area contributed by atoms with Crippen LogP contribution >= 0.6 is 0 Å². The van der Waals surface area contributed by atoms with Crippen molar-refractivity contribution in [1.29, 1.82) is 0 Å². The van der Waals surface area contributed by atoms with Crippen LogP contribution in [0, 0.1) is 0 Å². The van der Waals surface area contributed by atoms with E-state index in [2.05, 4.69) is 4.90 Å².